The van der Waals surface area contributed by atoms with E-state index >= 15 is 0 Å². The Morgan fingerprint density at radius 3 is 2.26 bits per heavy atom. The number of nitrogens with zero attached hydrogens (tertiary/aromatic N) is 1. The van der Waals surface area contributed by atoms with Crippen LogP contribution < -0.4 is 16.0 Å². The molecular formula is C32H39ClN4O2. The Bertz CT molecular complexity index is 1130. The maximum absolute atomic E-state index is 13.8. The van der Waals surface area contributed by atoms with Crippen molar-refractivity contribution in [2.75, 3.05) is 33.2 Å². The first-order valence-corrected chi connectivity index (χ1v) is 14.2. The van der Waals surface area contributed by atoms with Crippen LogP contribution in [0.4, 0.5) is 0 Å². The van der Waals surface area contributed by atoms with Crippen LogP contribution in [0.5, 0.6) is 0 Å². The van der Waals surface area contributed by atoms with Gasteiger partial charge >= 0.3 is 0 Å². The third kappa shape index (κ3) is 8.65. The average molecular weight is 547 g/mol. The molecule has 2 amide bonds. The van der Waals surface area contributed by atoms with Crippen molar-refractivity contribution in [3.05, 3.63) is 107 Å². The number of aryl methyl sites for hydroxylation is 1. The van der Waals surface area contributed by atoms with E-state index in [1.165, 1.54) is 11.1 Å². The third-order valence-electron chi connectivity index (χ3n) is 7.38. The van der Waals surface area contributed by atoms with E-state index in [0.29, 0.717) is 43.9 Å². The summed E-state index contributed by atoms with van der Waals surface area (Å²) in [5, 5.41) is 10.5. The summed E-state index contributed by atoms with van der Waals surface area (Å²) in [6.07, 6.45) is 2.54. The topological polar surface area (TPSA) is 73.5 Å². The lowest BCUT2D eigenvalue weighted by atomic mass is 9.90. The summed E-state index contributed by atoms with van der Waals surface area (Å²) in [4.78, 5) is 28.4. The zero-order valence-electron chi connectivity index (χ0n) is 22.6. The molecule has 0 bridgehead atoms. The van der Waals surface area contributed by atoms with Gasteiger partial charge in [0.15, 0.2) is 0 Å². The van der Waals surface area contributed by atoms with E-state index in [2.05, 4.69) is 64.5 Å². The van der Waals surface area contributed by atoms with Crippen LogP contribution in [0.2, 0.25) is 5.02 Å². The van der Waals surface area contributed by atoms with E-state index in [1.54, 1.807) is 0 Å². The van der Waals surface area contributed by atoms with Gasteiger partial charge in [0.25, 0.3) is 0 Å². The Morgan fingerprint density at radius 2 is 1.64 bits per heavy atom. The van der Waals surface area contributed by atoms with Gasteiger partial charge in [-0.25, -0.2) is 0 Å². The minimum absolute atomic E-state index is 0.0131. The van der Waals surface area contributed by atoms with Gasteiger partial charge in [-0.3, -0.25) is 9.59 Å². The SMILES string of the molecule is CNCCC1NC(CNC(=O)CCc2ccc(Cl)cc2)CCN(CC(c2ccccc2)c2ccccc2)C1=O. The highest BCUT2D eigenvalue weighted by atomic mass is 35.5. The van der Waals surface area contributed by atoms with E-state index in [0.717, 1.165) is 18.5 Å². The molecular weight excluding hydrogens is 508 g/mol. The first-order valence-electron chi connectivity index (χ1n) is 13.8. The molecule has 1 fully saturated rings. The first kappa shape index (κ1) is 28.8. The van der Waals surface area contributed by atoms with Gasteiger partial charge in [-0.05, 0) is 61.7 Å². The maximum Gasteiger partial charge on any atom is 0.239 e. The number of carbonyl (C=O) groups excluding carboxylic acids is 2. The lowest BCUT2D eigenvalue weighted by Crippen LogP contribution is -2.50. The predicted octanol–water partition coefficient (Wildman–Crippen LogP) is 4.39. The van der Waals surface area contributed by atoms with Crippen molar-refractivity contribution in [3.8, 4) is 0 Å². The fraction of sp³-hybridized carbons (Fsp3) is 0.375. The largest absolute Gasteiger partial charge is 0.355 e. The Hall–Kier alpha value is -3.19. The molecule has 1 aliphatic heterocycles. The summed E-state index contributed by atoms with van der Waals surface area (Å²) >= 11 is 5.96. The fourth-order valence-corrected chi connectivity index (χ4v) is 5.27. The monoisotopic (exact) mass is 546 g/mol. The number of rotatable bonds is 12. The molecule has 0 aliphatic carbocycles. The number of nitrogens with one attached hydrogen (secondary N) is 3. The Labute approximate surface area is 237 Å². The van der Waals surface area contributed by atoms with Gasteiger partial charge in [0.05, 0.1) is 6.04 Å². The highest BCUT2D eigenvalue weighted by Gasteiger charge is 2.32. The number of carbonyl (C=O) groups is 2. The number of hydrogen-bond acceptors (Lipinski definition) is 4. The molecule has 2 unspecified atom stereocenters. The Kier molecular flexibility index (Phi) is 11.0. The zero-order valence-corrected chi connectivity index (χ0v) is 23.4. The average Bonchev–Trinajstić information content (AvgIpc) is 3.12. The quantitative estimate of drug-likeness (QED) is 0.315. The number of benzene rings is 3. The smallest absolute Gasteiger partial charge is 0.239 e. The molecule has 3 aromatic carbocycles. The highest BCUT2D eigenvalue weighted by Crippen LogP contribution is 2.27. The molecule has 4 rings (SSSR count). The Balaban J connectivity index is 1.41. The predicted molar refractivity (Wildman–Crippen MR) is 158 cm³/mol. The molecule has 0 radical (unpaired) electrons. The van der Waals surface area contributed by atoms with Gasteiger partial charge in [-0.1, -0.05) is 84.4 Å². The van der Waals surface area contributed by atoms with Crippen molar-refractivity contribution >= 4 is 23.4 Å². The summed E-state index contributed by atoms with van der Waals surface area (Å²) in [6.45, 7) is 2.49. The van der Waals surface area contributed by atoms with Crippen molar-refractivity contribution < 1.29 is 9.59 Å². The van der Waals surface area contributed by atoms with Crippen LogP contribution in [0, 0.1) is 0 Å². The summed E-state index contributed by atoms with van der Waals surface area (Å²) < 4.78 is 0. The van der Waals surface area contributed by atoms with Crippen LogP contribution in [-0.2, 0) is 16.0 Å². The second-order valence-electron chi connectivity index (χ2n) is 10.2. The molecule has 6 nitrogen and oxygen atoms in total. The van der Waals surface area contributed by atoms with Gasteiger partial charge in [0.1, 0.15) is 0 Å². The van der Waals surface area contributed by atoms with E-state index in [1.807, 2.05) is 48.3 Å². The van der Waals surface area contributed by atoms with Crippen molar-refractivity contribution in [3.63, 3.8) is 0 Å². The summed E-state index contributed by atoms with van der Waals surface area (Å²) in [5.41, 5.74) is 3.48. The van der Waals surface area contributed by atoms with Crippen molar-refractivity contribution in [1.29, 1.82) is 0 Å². The molecule has 1 heterocycles. The molecule has 206 valence electrons. The van der Waals surface area contributed by atoms with Crippen molar-refractivity contribution in [2.24, 2.45) is 0 Å². The summed E-state index contributed by atoms with van der Waals surface area (Å²) in [5.74, 6) is 0.225. The molecule has 3 N–H and O–H groups in total. The van der Waals surface area contributed by atoms with Crippen LogP contribution in [0.25, 0.3) is 0 Å². The van der Waals surface area contributed by atoms with Gasteiger partial charge < -0.3 is 20.9 Å². The van der Waals surface area contributed by atoms with E-state index in [-0.39, 0.29) is 29.8 Å². The first-order chi connectivity index (χ1) is 19.0. The van der Waals surface area contributed by atoms with E-state index < -0.39 is 0 Å². The second kappa shape index (κ2) is 14.8. The van der Waals surface area contributed by atoms with Crippen molar-refractivity contribution in [1.82, 2.24) is 20.9 Å². The second-order valence-corrected chi connectivity index (χ2v) is 10.6. The minimum Gasteiger partial charge on any atom is -0.355 e. The maximum atomic E-state index is 13.8. The number of amides is 2. The van der Waals surface area contributed by atoms with E-state index in [9.17, 15) is 9.59 Å². The van der Waals surface area contributed by atoms with Crippen LogP contribution in [-0.4, -0.2) is 62.0 Å². The molecule has 39 heavy (non-hydrogen) atoms. The van der Waals surface area contributed by atoms with Gasteiger partial charge in [0.2, 0.25) is 11.8 Å². The molecule has 2 atom stereocenters. The number of halogens is 1. The number of hydrogen-bond donors (Lipinski definition) is 3. The van der Waals surface area contributed by atoms with Gasteiger partial charge in [-0.15, -0.1) is 0 Å². The lowest BCUT2D eigenvalue weighted by Gasteiger charge is -2.29. The molecule has 0 aromatic heterocycles. The molecule has 1 aliphatic rings. The molecule has 7 heteroatoms. The van der Waals surface area contributed by atoms with Crippen molar-refractivity contribution in [2.45, 2.75) is 43.7 Å². The summed E-state index contributed by atoms with van der Waals surface area (Å²) in [6, 6.07) is 28.1. The lowest BCUT2D eigenvalue weighted by molar-refractivity contribution is -0.133. The Morgan fingerprint density at radius 1 is 1.00 bits per heavy atom. The molecule has 0 spiro atoms. The molecule has 3 aromatic rings. The van der Waals surface area contributed by atoms with Crippen LogP contribution in [0.1, 0.15) is 41.9 Å². The third-order valence-corrected chi connectivity index (χ3v) is 7.64. The molecule has 1 saturated heterocycles. The molecule has 0 saturated carbocycles. The van der Waals surface area contributed by atoms with Gasteiger partial charge in [-0.2, -0.15) is 0 Å². The highest BCUT2D eigenvalue weighted by molar-refractivity contribution is 6.30. The fourth-order valence-electron chi connectivity index (χ4n) is 5.15. The van der Waals surface area contributed by atoms with Crippen LogP contribution in [0.3, 0.4) is 0 Å². The van der Waals surface area contributed by atoms with Crippen LogP contribution >= 0.6 is 11.6 Å². The zero-order chi connectivity index (χ0) is 27.5. The van der Waals surface area contributed by atoms with E-state index in [4.69, 9.17) is 11.6 Å². The standard InChI is InChI=1S/C32H39ClN4O2/c1-34-20-18-30-32(39)37(23-29(25-8-4-2-5-9-25)26-10-6-3-7-11-26)21-19-28(36-30)22-35-31(38)17-14-24-12-15-27(33)16-13-24/h2-13,15-16,28-30,34,36H,14,17-23H2,1H3,(H,35,38). The minimum atomic E-state index is -0.303. The van der Waals surface area contributed by atoms with Gasteiger partial charge in [0, 0.05) is 43.0 Å². The van der Waals surface area contributed by atoms with Crippen LogP contribution in [0.15, 0.2) is 84.9 Å². The normalized spacial score (nSPS) is 17.7. The summed E-state index contributed by atoms with van der Waals surface area (Å²) in [7, 11) is 1.90.